The van der Waals surface area contributed by atoms with Crippen LogP contribution in [0.25, 0.3) is 6.08 Å². The van der Waals surface area contributed by atoms with Crippen molar-refractivity contribution in [1.29, 1.82) is 0 Å². The third-order valence-electron chi connectivity index (χ3n) is 5.07. The van der Waals surface area contributed by atoms with E-state index in [4.69, 9.17) is 21.1 Å². The monoisotopic (exact) mass is 542 g/mol. The van der Waals surface area contributed by atoms with Crippen molar-refractivity contribution in [2.45, 2.75) is 11.4 Å². The molecule has 0 N–H and O–H groups in total. The van der Waals surface area contributed by atoms with Crippen LogP contribution in [0.5, 0.6) is 11.5 Å². The van der Waals surface area contributed by atoms with E-state index in [9.17, 15) is 23.3 Å². The molecule has 0 atom stereocenters. The first-order valence-corrected chi connectivity index (χ1v) is 13.0. The number of carbonyl (C=O) groups excluding carboxylic acids is 1. The van der Waals surface area contributed by atoms with Gasteiger partial charge in [-0.25, -0.2) is 0 Å². The number of hydrogen-bond acceptors (Lipinski definition) is 9. The normalized spacial score (nSPS) is 14.8. The molecule has 3 aromatic carbocycles. The molecule has 1 aliphatic heterocycles. The third kappa shape index (κ3) is 5.40. The molecule has 1 heterocycles. The lowest BCUT2D eigenvalue weighted by Crippen LogP contribution is -2.27. The quantitative estimate of drug-likeness (QED) is 0.130. The smallest absolute Gasteiger partial charge is 0.346 e. The molecule has 3 aromatic rings. The number of ether oxygens (including phenoxy) is 1. The SMILES string of the molecule is COc1cc(C=C2SC(=S)N(Cc3ccccc3)C2=O)ccc1OS(=O)(=O)c1ccccc1[N+](=O)[O-]. The Morgan fingerprint density at radius 1 is 1.06 bits per heavy atom. The molecule has 36 heavy (non-hydrogen) atoms. The van der Waals surface area contributed by atoms with Gasteiger partial charge in [-0.15, -0.1) is 0 Å². The van der Waals surface area contributed by atoms with E-state index < -0.39 is 25.6 Å². The predicted octanol–water partition coefficient (Wildman–Crippen LogP) is 4.77. The molecule has 0 aromatic heterocycles. The van der Waals surface area contributed by atoms with Crippen LogP contribution in [0.3, 0.4) is 0 Å². The molecule has 1 fully saturated rings. The van der Waals surface area contributed by atoms with Gasteiger partial charge in [-0.2, -0.15) is 8.42 Å². The summed E-state index contributed by atoms with van der Waals surface area (Å²) in [6, 6.07) is 18.7. The van der Waals surface area contributed by atoms with Crippen LogP contribution >= 0.6 is 24.0 Å². The van der Waals surface area contributed by atoms with Crippen LogP contribution < -0.4 is 8.92 Å². The third-order valence-corrected chi connectivity index (χ3v) is 7.73. The number of benzene rings is 3. The number of amides is 1. The number of methoxy groups -OCH3 is 1. The maximum atomic E-state index is 12.9. The average molecular weight is 543 g/mol. The summed E-state index contributed by atoms with van der Waals surface area (Å²) in [5.74, 6) is -0.345. The first-order chi connectivity index (χ1) is 17.2. The molecular formula is C24H18N2O7S3. The number of hydrogen-bond donors (Lipinski definition) is 0. The molecule has 4 rings (SSSR count). The zero-order chi connectivity index (χ0) is 25.9. The van der Waals surface area contributed by atoms with Crippen molar-refractivity contribution in [3.05, 3.63) is 98.9 Å². The highest BCUT2D eigenvalue weighted by Crippen LogP contribution is 2.36. The summed E-state index contributed by atoms with van der Waals surface area (Å²) in [7, 11) is -3.21. The van der Waals surface area contributed by atoms with Gasteiger partial charge in [-0.1, -0.05) is 72.5 Å². The Morgan fingerprint density at radius 2 is 1.75 bits per heavy atom. The number of nitro benzene ring substituents is 1. The van der Waals surface area contributed by atoms with Gasteiger partial charge >= 0.3 is 10.1 Å². The second kappa shape index (κ2) is 10.5. The van der Waals surface area contributed by atoms with Crippen molar-refractivity contribution in [3.8, 4) is 11.5 Å². The summed E-state index contributed by atoms with van der Waals surface area (Å²) in [6.07, 6.45) is 1.62. The molecule has 1 amide bonds. The van der Waals surface area contributed by atoms with Crippen molar-refractivity contribution in [1.82, 2.24) is 4.90 Å². The van der Waals surface area contributed by atoms with Gasteiger partial charge in [0.1, 0.15) is 4.32 Å². The number of para-hydroxylation sites is 1. The first-order valence-electron chi connectivity index (χ1n) is 10.3. The molecule has 9 nitrogen and oxygen atoms in total. The lowest BCUT2D eigenvalue weighted by atomic mass is 10.1. The minimum absolute atomic E-state index is 0.0608. The molecule has 1 saturated heterocycles. The van der Waals surface area contributed by atoms with Crippen molar-refractivity contribution >= 4 is 56.1 Å². The van der Waals surface area contributed by atoms with Crippen molar-refractivity contribution < 1.29 is 27.1 Å². The van der Waals surface area contributed by atoms with Gasteiger partial charge in [0.05, 0.1) is 23.5 Å². The number of rotatable bonds is 8. The van der Waals surface area contributed by atoms with Gasteiger partial charge in [0.2, 0.25) is 0 Å². The average Bonchev–Trinajstić information content (AvgIpc) is 3.12. The summed E-state index contributed by atoms with van der Waals surface area (Å²) in [6.45, 7) is 0.350. The molecule has 0 unspecified atom stereocenters. The van der Waals surface area contributed by atoms with E-state index >= 15 is 0 Å². The predicted molar refractivity (Wildman–Crippen MR) is 139 cm³/mol. The van der Waals surface area contributed by atoms with E-state index in [1.54, 1.807) is 6.08 Å². The van der Waals surface area contributed by atoms with Crippen molar-refractivity contribution in [2.75, 3.05) is 7.11 Å². The van der Waals surface area contributed by atoms with E-state index in [0.29, 0.717) is 21.3 Å². The van der Waals surface area contributed by atoms with Gasteiger partial charge in [-0.05, 0) is 35.4 Å². The van der Waals surface area contributed by atoms with Gasteiger partial charge in [0, 0.05) is 6.07 Å². The molecule has 0 bridgehead atoms. The summed E-state index contributed by atoms with van der Waals surface area (Å²) < 4.78 is 36.4. The fraction of sp³-hybridized carbons (Fsp3) is 0.0833. The second-order valence-corrected chi connectivity index (χ2v) is 10.6. The summed E-state index contributed by atoms with van der Waals surface area (Å²) >= 11 is 6.54. The van der Waals surface area contributed by atoms with Gasteiger partial charge in [0.25, 0.3) is 11.6 Å². The highest BCUT2D eigenvalue weighted by atomic mass is 32.2. The largest absolute Gasteiger partial charge is 0.493 e. The summed E-state index contributed by atoms with van der Waals surface area (Å²) in [5.41, 5.74) is 0.881. The Labute approximate surface area is 216 Å². The van der Waals surface area contributed by atoms with Crippen LogP contribution in [-0.4, -0.2) is 35.6 Å². The Morgan fingerprint density at radius 3 is 2.44 bits per heavy atom. The van der Waals surface area contributed by atoms with Crippen LogP contribution in [0.15, 0.2) is 82.6 Å². The highest BCUT2D eigenvalue weighted by Gasteiger charge is 2.32. The molecule has 1 aliphatic rings. The zero-order valence-corrected chi connectivity index (χ0v) is 21.1. The van der Waals surface area contributed by atoms with Gasteiger partial charge in [-0.3, -0.25) is 19.8 Å². The molecule has 0 spiro atoms. The van der Waals surface area contributed by atoms with Crippen LogP contribution in [0.2, 0.25) is 0 Å². The van der Waals surface area contributed by atoms with Crippen molar-refractivity contribution in [2.24, 2.45) is 0 Å². The van der Waals surface area contributed by atoms with E-state index in [0.717, 1.165) is 29.5 Å². The number of nitrogens with zero attached hydrogens (tertiary/aromatic N) is 2. The second-order valence-electron chi connectivity index (χ2n) is 7.43. The number of thiocarbonyl (C=S) groups is 1. The Balaban J connectivity index is 1.58. The molecule has 0 aliphatic carbocycles. The van der Waals surface area contributed by atoms with E-state index in [1.165, 1.54) is 42.3 Å². The highest BCUT2D eigenvalue weighted by molar-refractivity contribution is 8.26. The Bertz CT molecular complexity index is 1490. The van der Waals surface area contributed by atoms with E-state index in [1.807, 2.05) is 30.3 Å². The lowest BCUT2D eigenvalue weighted by molar-refractivity contribution is -0.387. The molecule has 184 valence electrons. The van der Waals surface area contributed by atoms with Crippen molar-refractivity contribution in [3.63, 3.8) is 0 Å². The minimum Gasteiger partial charge on any atom is -0.493 e. The summed E-state index contributed by atoms with van der Waals surface area (Å²) in [5, 5.41) is 11.2. The van der Waals surface area contributed by atoms with Gasteiger partial charge in [0.15, 0.2) is 16.4 Å². The maximum absolute atomic E-state index is 12.9. The number of carbonyl (C=O) groups is 1. The van der Waals surface area contributed by atoms with Crippen LogP contribution in [0.1, 0.15) is 11.1 Å². The van der Waals surface area contributed by atoms with Gasteiger partial charge < -0.3 is 8.92 Å². The lowest BCUT2D eigenvalue weighted by Gasteiger charge is -2.14. The standard InChI is InChI=1S/C24H18N2O7S3/c1-32-20-13-17(14-21-23(27)25(24(34)35-21)15-16-7-3-2-4-8-16)11-12-19(20)33-36(30,31)22-10-6-5-9-18(22)26(28)29/h2-14H,15H2,1H3. The van der Waals surface area contributed by atoms with Crippen LogP contribution in [0, 0.1) is 10.1 Å². The molecular weight excluding hydrogens is 524 g/mol. The Kier molecular flexibility index (Phi) is 7.38. The first kappa shape index (κ1) is 25.4. The zero-order valence-electron chi connectivity index (χ0n) is 18.7. The number of thioether (sulfide) groups is 1. The molecule has 0 saturated carbocycles. The maximum Gasteiger partial charge on any atom is 0.346 e. The summed E-state index contributed by atoms with van der Waals surface area (Å²) in [4.78, 5) is 24.7. The number of nitro groups is 1. The van der Waals surface area contributed by atoms with Crippen LogP contribution in [-0.2, 0) is 21.5 Å². The van der Waals surface area contributed by atoms with E-state index in [2.05, 4.69) is 0 Å². The fourth-order valence-electron chi connectivity index (χ4n) is 3.38. The molecule has 12 heteroatoms. The molecule has 0 radical (unpaired) electrons. The Hall–Kier alpha value is -3.74. The minimum atomic E-state index is -4.53. The van der Waals surface area contributed by atoms with E-state index in [-0.39, 0.29) is 17.4 Å². The fourth-order valence-corrected chi connectivity index (χ4v) is 5.74. The van der Waals surface area contributed by atoms with Crippen LogP contribution in [0.4, 0.5) is 5.69 Å². The topological polar surface area (TPSA) is 116 Å².